The molecule has 2 aromatic carbocycles. The van der Waals surface area contributed by atoms with Gasteiger partial charge < -0.3 is 10.2 Å². The molecule has 0 saturated carbocycles. The normalized spacial score (nSPS) is 11.3. The summed E-state index contributed by atoms with van der Waals surface area (Å²) in [4.78, 5) is 14.2. The summed E-state index contributed by atoms with van der Waals surface area (Å²) in [5, 5.41) is 12.0. The average Bonchev–Trinajstić information content (AvgIpc) is 2.66. The van der Waals surface area contributed by atoms with Crippen molar-refractivity contribution in [1.82, 2.24) is 15.1 Å². The van der Waals surface area contributed by atoms with Crippen molar-refractivity contribution in [3.8, 4) is 11.3 Å². The molecule has 0 fully saturated rings. The van der Waals surface area contributed by atoms with Crippen molar-refractivity contribution in [1.29, 1.82) is 0 Å². The predicted molar refractivity (Wildman–Crippen MR) is 113 cm³/mol. The fourth-order valence-corrected chi connectivity index (χ4v) is 3.25. The maximum absolute atomic E-state index is 12.0. The molecular formula is C22H28N4O. The highest BCUT2D eigenvalue weighted by atomic mass is 16.1. The van der Waals surface area contributed by atoms with Crippen LogP contribution in [0.15, 0.2) is 47.3 Å². The highest BCUT2D eigenvalue weighted by Gasteiger charge is 2.10. The maximum Gasteiger partial charge on any atom is 0.272 e. The first-order chi connectivity index (χ1) is 13.1. The molecule has 0 unspecified atom stereocenters. The monoisotopic (exact) mass is 364 g/mol. The number of anilines is 1. The van der Waals surface area contributed by atoms with E-state index < -0.39 is 0 Å². The van der Waals surface area contributed by atoms with Crippen LogP contribution in [0, 0.1) is 6.92 Å². The van der Waals surface area contributed by atoms with E-state index >= 15 is 0 Å². The Hall–Kier alpha value is -2.66. The number of benzene rings is 2. The predicted octanol–water partition coefficient (Wildman–Crippen LogP) is 4.04. The maximum atomic E-state index is 12.0. The van der Waals surface area contributed by atoms with Crippen molar-refractivity contribution in [2.24, 2.45) is 0 Å². The van der Waals surface area contributed by atoms with Crippen molar-refractivity contribution in [2.45, 2.75) is 26.2 Å². The second-order valence-corrected chi connectivity index (χ2v) is 7.27. The van der Waals surface area contributed by atoms with Crippen LogP contribution >= 0.6 is 0 Å². The molecule has 1 heterocycles. The number of unbranched alkanes of at least 4 members (excludes halogenated alkanes) is 2. The van der Waals surface area contributed by atoms with E-state index in [4.69, 9.17) is 0 Å². The van der Waals surface area contributed by atoms with E-state index in [0.29, 0.717) is 5.39 Å². The molecule has 3 rings (SSSR count). The molecule has 0 aliphatic carbocycles. The molecule has 0 aliphatic heterocycles. The third-order valence-corrected chi connectivity index (χ3v) is 4.80. The van der Waals surface area contributed by atoms with Crippen molar-refractivity contribution in [2.75, 3.05) is 32.5 Å². The van der Waals surface area contributed by atoms with Crippen LogP contribution < -0.4 is 10.9 Å². The zero-order valence-electron chi connectivity index (χ0n) is 16.4. The number of hydrogen-bond donors (Lipinski definition) is 2. The van der Waals surface area contributed by atoms with E-state index in [9.17, 15) is 4.79 Å². The molecular weight excluding hydrogens is 336 g/mol. The summed E-state index contributed by atoms with van der Waals surface area (Å²) < 4.78 is 0. The van der Waals surface area contributed by atoms with Crippen LogP contribution in [0.2, 0.25) is 0 Å². The van der Waals surface area contributed by atoms with Gasteiger partial charge in [0.05, 0.1) is 11.1 Å². The lowest BCUT2D eigenvalue weighted by molar-refractivity contribution is 0.393. The van der Waals surface area contributed by atoms with E-state index in [1.165, 1.54) is 18.4 Å². The second-order valence-electron chi connectivity index (χ2n) is 7.27. The molecule has 0 saturated heterocycles. The van der Waals surface area contributed by atoms with E-state index in [2.05, 4.69) is 59.6 Å². The molecule has 2 N–H and O–H groups in total. The minimum Gasteiger partial charge on any atom is -0.385 e. The molecule has 0 bridgehead atoms. The Labute approximate surface area is 160 Å². The number of fused-ring (bicyclic) bond motifs is 1. The molecule has 142 valence electrons. The van der Waals surface area contributed by atoms with E-state index in [0.717, 1.165) is 41.8 Å². The summed E-state index contributed by atoms with van der Waals surface area (Å²) in [6.45, 7) is 4.20. The molecule has 5 nitrogen and oxygen atoms in total. The van der Waals surface area contributed by atoms with Gasteiger partial charge in [-0.25, -0.2) is 5.10 Å². The number of rotatable bonds is 8. The highest BCUT2D eigenvalue weighted by molar-refractivity contribution is 5.94. The van der Waals surface area contributed by atoms with Crippen molar-refractivity contribution >= 4 is 16.5 Å². The van der Waals surface area contributed by atoms with Crippen LogP contribution in [0.5, 0.6) is 0 Å². The molecule has 27 heavy (non-hydrogen) atoms. The molecule has 1 aromatic heterocycles. The topological polar surface area (TPSA) is 61.0 Å². The van der Waals surface area contributed by atoms with Crippen molar-refractivity contribution in [3.05, 3.63) is 58.4 Å². The van der Waals surface area contributed by atoms with Crippen LogP contribution in [0.1, 0.15) is 24.8 Å². The van der Waals surface area contributed by atoms with Gasteiger partial charge in [-0.05, 0) is 58.1 Å². The van der Waals surface area contributed by atoms with Gasteiger partial charge in [0.25, 0.3) is 5.56 Å². The molecule has 0 aliphatic rings. The molecule has 0 amide bonds. The van der Waals surface area contributed by atoms with Crippen molar-refractivity contribution < 1.29 is 0 Å². The Morgan fingerprint density at radius 2 is 1.81 bits per heavy atom. The first kappa shape index (κ1) is 19.1. The molecule has 0 spiro atoms. The fourth-order valence-electron chi connectivity index (χ4n) is 3.25. The zero-order valence-corrected chi connectivity index (χ0v) is 16.4. The van der Waals surface area contributed by atoms with Gasteiger partial charge in [-0.1, -0.05) is 36.8 Å². The molecule has 0 atom stereocenters. The minimum atomic E-state index is -0.155. The number of aromatic nitrogens is 2. The number of aromatic amines is 1. The lowest BCUT2D eigenvalue weighted by Crippen LogP contribution is -2.13. The first-order valence-electron chi connectivity index (χ1n) is 9.53. The van der Waals surface area contributed by atoms with Gasteiger partial charge in [0.15, 0.2) is 0 Å². The van der Waals surface area contributed by atoms with Gasteiger partial charge in [-0.15, -0.1) is 0 Å². The van der Waals surface area contributed by atoms with Crippen LogP contribution in [0.3, 0.4) is 0 Å². The van der Waals surface area contributed by atoms with Crippen LogP contribution in [0.25, 0.3) is 22.0 Å². The third kappa shape index (κ3) is 4.74. The minimum absolute atomic E-state index is 0.155. The Morgan fingerprint density at radius 3 is 2.59 bits per heavy atom. The third-order valence-electron chi connectivity index (χ3n) is 4.80. The van der Waals surface area contributed by atoms with Gasteiger partial charge in [0.1, 0.15) is 0 Å². The zero-order chi connectivity index (χ0) is 19.2. The summed E-state index contributed by atoms with van der Waals surface area (Å²) in [5.41, 5.74) is 3.98. The number of nitrogens with zero attached hydrogens (tertiary/aromatic N) is 2. The van der Waals surface area contributed by atoms with Gasteiger partial charge >= 0.3 is 0 Å². The standard InChI is InChI=1S/C22H28N4O/c1-16-11-12-17(15-20(16)23-13-7-4-8-14-26(2)3)21-18-9-5-6-10-19(18)22(27)25-24-21/h5-6,9-12,15,23H,4,7-8,13-14H2,1-3H3,(H,25,27). The van der Waals surface area contributed by atoms with Crippen LogP contribution in [-0.4, -0.2) is 42.3 Å². The second kappa shape index (κ2) is 8.82. The summed E-state index contributed by atoms with van der Waals surface area (Å²) in [6.07, 6.45) is 3.59. The van der Waals surface area contributed by atoms with Crippen LogP contribution in [-0.2, 0) is 0 Å². The molecule has 5 heteroatoms. The average molecular weight is 364 g/mol. The largest absolute Gasteiger partial charge is 0.385 e. The van der Waals surface area contributed by atoms with E-state index in [1.54, 1.807) is 0 Å². The Bertz CT molecular complexity index is 962. The quantitative estimate of drug-likeness (QED) is 0.592. The van der Waals surface area contributed by atoms with Gasteiger partial charge in [-0.3, -0.25) is 4.79 Å². The van der Waals surface area contributed by atoms with Gasteiger partial charge in [0, 0.05) is 23.2 Å². The molecule has 3 aromatic rings. The summed E-state index contributed by atoms with van der Waals surface area (Å²) in [6, 6.07) is 13.9. The van der Waals surface area contributed by atoms with Gasteiger partial charge in [-0.2, -0.15) is 5.10 Å². The SMILES string of the molecule is Cc1ccc(-c2n[nH]c(=O)c3ccccc23)cc1NCCCCCN(C)C. The summed E-state index contributed by atoms with van der Waals surface area (Å²) in [5.74, 6) is 0. The lowest BCUT2D eigenvalue weighted by Gasteiger charge is -2.13. The number of H-pyrrole nitrogens is 1. The van der Waals surface area contributed by atoms with Crippen LogP contribution in [0.4, 0.5) is 5.69 Å². The smallest absolute Gasteiger partial charge is 0.272 e. The Balaban J connectivity index is 1.76. The summed E-state index contributed by atoms with van der Waals surface area (Å²) >= 11 is 0. The number of hydrogen-bond acceptors (Lipinski definition) is 4. The Kier molecular flexibility index (Phi) is 6.24. The van der Waals surface area contributed by atoms with Crippen molar-refractivity contribution in [3.63, 3.8) is 0 Å². The highest BCUT2D eigenvalue weighted by Crippen LogP contribution is 2.28. The number of aryl methyl sites for hydroxylation is 1. The fraction of sp³-hybridized carbons (Fsp3) is 0.364. The first-order valence-corrected chi connectivity index (χ1v) is 9.53. The van der Waals surface area contributed by atoms with E-state index in [1.807, 2.05) is 24.3 Å². The summed E-state index contributed by atoms with van der Waals surface area (Å²) in [7, 11) is 4.23. The Morgan fingerprint density at radius 1 is 1.04 bits per heavy atom. The van der Waals surface area contributed by atoms with Gasteiger partial charge in [0.2, 0.25) is 0 Å². The lowest BCUT2D eigenvalue weighted by atomic mass is 10.0. The molecule has 0 radical (unpaired) electrons. The van der Waals surface area contributed by atoms with E-state index in [-0.39, 0.29) is 5.56 Å². The number of nitrogens with one attached hydrogen (secondary N) is 2.